The van der Waals surface area contributed by atoms with Crippen LogP contribution in [0.1, 0.15) is 11.5 Å². The van der Waals surface area contributed by atoms with Crippen LogP contribution in [-0.4, -0.2) is 32.1 Å². The zero-order valence-electron chi connectivity index (χ0n) is 10.4. The Kier molecular flexibility index (Phi) is 3.82. The fraction of sp³-hybridized carbons (Fsp3) is 0.231. The lowest BCUT2D eigenvalue weighted by Gasteiger charge is -2.08. The van der Waals surface area contributed by atoms with E-state index in [1.807, 2.05) is 25.1 Å². The zero-order valence-corrected chi connectivity index (χ0v) is 10.4. The van der Waals surface area contributed by atoms with Crippen LogP contribution in [-0.2, 0) is 11.2 Å². The molecule has 0 aliphatic carbocycles. The number of aryl methyl sites for hydroxylation is 1. The molecule has 0 bridgehead atoms. The van der Waals surface area contributed by atoms with Crippen molar-refractivity contribution in [1.82, 2.24) is 15.0 Å². The molecule has 0 amide bonds. The average molecular weight is 258 g/mol. The Bertz CT molecular complexity index is 586. The van der Waals surface area contributed by atoms with Gasteiger partial charge in [-0.25, -0.2) is 9.97 Å². The molecule has 2 heterocycles. The highest BCUT2D eigenvalue weighted by Gasteiger charge is 2.15. The molecule has 1 atom stereocenters. The maximum absolute atomic E-state index is 10.8. The number of nitrogens with zero attached hydrogens (tertiary/aromatic N) is 3. The lowest BCUT2D eigenvalue weighted by molar-refractivity contribution is -0.138. The van der Waals surface area contributed by atoms with E-state index in [4.69, 9.17) is 10.8 Å². The summed E-state index contributed by atoms with van der Waals surface area (Å²) in [6.07, 6.45) is 1.77. The van der Waals surface area contributed by atoms with E-state index in [9.17, 15) is 4.79 Å². The fourth-order valence-electron chi connectivity index (χ4n) is 1.65. The van der Waals surface area contributed by atoms with E-state index in [2.05, 4.69) is 15.0 Å². The standard InChI is InChI=1S/C13H14N4O2/c1-8-6-11(10-4-2-3-5-15-10)17-12(16-8)7-9(14)13(18)19/h2-6,9H,7,14H2,1H3,(H,18,19). The van der Waals surface area contributed by atoms with Crippen LogP contribution in [0.4, 0.5) is 0 Å². The summed E-state index contributed by atoms with van der Waals surface area (Å²) in [7, 11) is 0. The van der Waals surface area contributed by atoms with Crippen molar-refractivity contribution >= 4 is 5.97 Å². The minimum atomic E-state index is -1.07. The van der Waals surface area contributed by atoms with E-state index in [1.165, 1.54) is 0 Å². The minimum Gasteiger partial charge on any atom is -0.480 e. The van der Waals surface area contributed by atoms with Gasteiger partial charge < -0.3 is 10.8 Å². The van der Waals surface area contributed by atoms with Gasteiger partial charge in [-0.15, -0.1) is 0 Å². The Morgan fingerprint density at radius 2 is 2.16 bits per heavy atom. The molecule has 19 heavy (non-hydrogen) atoms. The van der Waals surface area contributed by atoms with Crippen LogP contribution in [0, 0.1) is 6.92 Å². The molecule has 2 aromatic heterocycles. The van der Waals surface area contributed by atoms with Crippen molar-refractivity contribution < 1.29 is 9.90 Å². The molecule has 3 N–H and O–H groups in total. The number of rotatable bonds is 4. The van der Waals surface area contributed by atoms with Gasteiger partial charge in [-0.3, -0.25) is 9.78 Å². The molecule has 6 nitrogen and oxygen atoms in total. The Balaban J connectivity index is 2.32. The van der Waals surface area contributed by atoms with Crippen molar-refractivity contribution in [1.29, 1.82) is 0 Å². The van der Waals surface area contributed by atoms with Gasteiger partial charge >= 0.3 is 5.97 Å². The van der Waals surface area contributed by atoms with Gasteiger partial charge in [0.15, 0.2) is 0 Å². The number of carboxylic acid groups (broad SMARTS) is 1. The first kappa shape index (κ1) is 13.1. The quantitative estimate of drug-likeness (QED) is 0.841. The summed E-state index contributed by atoms with van der Waals surface area (Å²) in [5.41, 5.74) is 7.63. The van der Waals surface area contributed by atoms with E-state index in [0.717, 1.165) is 11.4 Å². The molecule has 0 saturated heterocycles. The monoisotopic (exact) mass is 258 g/mol. The topological polar surface area (TPSA) is 102 Å². The van der Waals surface area contributed by atoms with Gasteiger partial charge in [-0.05, 0) is 25.1 Å². The Morgan fingerprint density at radius 3 is 2.79 bits per heavy atom. The second-order valence-electron chi connectivity index (χ2n) is 4.17. The van der Waals surface area contributed by atoms with Gasteiger partial charge in [0.05, 0.1) is 11.4 Å². The van der Waals surface area contributed by atoms with Crippen LogP contribution in [0.3, 0.4) is 0 Å². The number of hydrogen-bond acceptors (Lipinski definition) is 5. The van der Waals surface area contributed by atoms with Gasteiger partial charge in [-0.2, -0.15) is 0 Å². The van der Waals surface area contributed by atoms with Crippen LogP contribution < -0.4 is 5.73 Å². The first-order chi connectivity index (χ1) is 9.06. The van der Waals surface area contributed by atoms with Gasteiger partial charge in [-0.1, -0.05) is 6.07 Å². The van der Waals surface area contributed by atoms with E-state index >= 15 is 0 Å². The van der Waals surface area contributed by atoms with Crippen molar-refractivity contribution in [3.05, 3.63) is 42.0 Å². The highest BCUT2D eigenvalue weighted by molar-refractivity contribution is 5.73. The summed E-state index contributed by atoms with van der Waals surface area (Å²) >= 11 is 0. The highest BCUT2D eigenvalue weighted by atomic mass is 16.4. The molecular formula is C13H14N4O2. The van der Waals surface area contributed by atoms with Gasteiger partial charge in [0, 0.05) is 18.3 Å². The van der Waals surface area contributed by atoms with Crippen LogP contribution >= 0.6 is 0 Å². The van der Waals surface area contributed by atoms with Crippen molar-refractivity contribution in [3.63, 3.8) is 0 Å². The first-order valence-corrected chi connectivity index (χ1v) is 5.80. The molecule has 2 rings (SSSR count). The summed E-state index contributed by atoms with van der Waals surface area (Å²) < 4.78 is 0. The Labute approximate surface area is 110 Å². The second-order valence-corrected chi connectivity index (χ2v) is 4.17. The fourth-order valence-corrected chi connectivity index (χ4v) is 1.65. The highest BCUT2D eigenvalue weighted by Crippen LogP contribution is 2.15. The molecule has 0 saturated carbocycles. The van der Waals surface area contributed by atoms with Crippen molar-refractivity contribution in [2.45, 2.75) is 19.4 Å². The minimum absolute atomic E-state index is 0.0941. The summed E-state index contributed by atoms with van der Waals surface area (Å²) in [4.78, 5) is 23.5. The van der Waals surface area contributed by atoms with E-state index < -0.39 is 12.0 Å². The Hall–Kier alpha value is -2.34. The third-order valence-corrected chi connectivity index (χ3v) is 2.55. The number of pyridine rings is 1. The lowest BCUT2D eigenvalue weighted by Crippen LogP contribution is -2.33. The van der Waals surface area contributed by atoms with Crippen LogP contribution in [0.5, 0.6) is 0 Å². The van der Waals surface area contributed by atoms with Crippen molar-refractivity contribution in [2.24, 2.45) is 5.73 Å². The second kappa shape index (κ2) is 5.53. The lowest BCUT2D eigenvalue weighted by atomic mass is 10.2. The molecule has 0 aromatic carbocycles. The molecule has 0 spiro atoms. The van der Waals surface area contributed by atoms with Gasteiger partial charge in [0.2, 0.25) is 0 Å². The predicted octanol–water partition coefficient (Wildman–Crippen LogP) is 0.801. The molecule has 6 heteroatoms. The smallest absolute Gasteiger partial charge is 0.320 e. The summed E-state index contributed by atoms with van der Waals surface area (Å²) in [5.74, 6) is -0.653. The van der Waals surface area contributed by atoms with E-state index in [-0.39, 0.29) is 6.42 Å². The third kappa shape index (κ3) is 3.32. The molecule has 2 aromatic rings. The summed E-state index contributed by atoms with van der Waals surface area (Å²) in [6, 6.07) is 6.32. The molecule has 1 unspecified atom stereocenters. The predicted molar refractivity (Wildman–Crippen MR) is 69.3 cm³/mol. The van der Waals surface area contributed by atoms with Crippen LogP contribution in [0.25, 0.3) is 11.4 Å². The number of aromatic nitrogens is 3. The molecular weight excluding hydrogens is 244 g/mol. The summed E-state index contributed by atoms with van der Waals surface area (Å²) in [5, 5.41) is 8.81. The summed E-state index contributed by atoms with van der Waals surface area (Å²) in [6.45, 7) is 1.82. The van der Waals surface area contributed by atoms with Crippen molar-refractivity contribution in [2.75, 3.05) is 0 Å². The molecule has 0 fully saturated rings. The van der Waals surface area contributed by atoms with Crippen LogP contribution in [0.2, 0.25) is 0 Å². The third-order valence-electron chi connectivity index (χ3n) is 2.55. The van der Waals surface area contributed by atoms with Crippen molar-refractivity contribution in [3.8, 4) is 11.4 Å². The molecule has 0 radical (unpaired) electrons. The first-order valence-electron chi connectivity index (χ1n) is 5.80. The number of hydrogen-bond donors (Lipinski definition) is 2. The zero-order chi connectivity index (χ0) is 13.8. The normalized spacial score (nSPS) is 12.1. The number of carbonyl (C=O) groups is 1. The van der Waals surface area contributed by atoms with E-state index in [1.54, 1.807) is 12.3 Å². The van der Waals surface area contributed by atoms with Crippen LogP contribution in [0.15, 0.2) is 30.5 Å². The SMILES string of the molecule is Cc1cc(-c2ccccn2)nc(CC(N)C(=O)O)n1. The molecule has 98 valence electrons. The van der Waals surface area contributed by atoms with Gasteiger partial charge in [0.25, 0.3) is 0 Å². The van der Waals surface area contributed by atoms with Gasteiger partial charge in [0.1, 0.15) is 11.9 Å². The molecule has 0 aliphatic rings. The molecule has 0 aliphatic heterocycles. The maximum Gasteiger partial charge on any atom is 0.320 e. The number of carboxylic acids is 1. The average Bonchev–Trinajstić information content (AvgIpc) is 2.39. The van der Waals surface area contributed by atoms with E-state index in [0.29, 0.717) is 11.5 Å². The Morgan fingerprint density at radius 1 is 1.37 bits per heavy atom. The maximum atomic E-state index is 10.8. The largest absolute Gasteiger partial charge is 0.480 e. The number of aliphatic carboxylic acids is 1. The number of nitrogens with two attached hydrogens (primary N) is 1.